The molecule has 0 aromatic heterocycles. The van der Waals surface area contributed by atoms with Gasteiger partial charge in [0.25, 0.3) is 0 Å². The zero-order valence-electron chi connectivity index (χ0n) is 9.01. The Morgan fingerprint density at radius 1 is 1.38 bits per heavy atom. The summed E-state index contributed by atoms with van der Waals surface area (Å²) in [7, 11) is 0. The van der Waals surface area contributed by atoms with Crippen molar-refractivity contribution >= 4 is 0 Å². The van der Waals surface area contributed by atoms with Crippen molar-refractivity contribution < 1.29 is 10.2 Å². The molecular weight excluding hydrogens is 166 g/mol. The maximum atomic E-state index is 9.52. The predicted molar refractivity (Wildman–Crippen MR) is 54.7 cm³/mol. The van der Waals surface area contributed by atoms with Crippen molar-refractivity contribution in [3.05, 3.63) is 0 Å². The summed E-state index contributed by atoms with van der Waals surface area (Å²) in [6.07, 6.45) is 3.33. The smallest absolute Gasteiger partial charge is 0.0972 e. The molecule has 0 aromatic carbocycles. The van der Waals surface area contributed by atoms with E-state index < -0.39 is 5.60 Å². The molecule has 3 heteroatoms. The number of rotatable bonds is 7. The van der Waals surface area contributed by atoms with Crippen LogP contribution in [0.15, 0.2) is 0 Å². The number of aliphatic hydroxyl groups is 2. The lowest BCUT2D eigenvalue weighted by molar-refractivity contribution is 0.000454. The molecule has 2 atom stereocenters. The van der Waals surface area contributed by atoms with Crippen LogP contribution in [0.4, 0.5) is 0 Å². The Bertz CT molecular complexity index is 126. The van der Waals surface area contributed by atoms with Crippen LogP contribution in [-0.2, 0) is 0 Å². The van der Waals surface area contributed by atoms with Crippen LogP contribution in [0.3, 0.4) is 0 Å². The summed E-state index contributed by atoms with van der Waals surface area (Å²) in [5, 5.41) is 21.6. The zero-order valence-corrected chi connectivity index (χ0v) is 9.01. The second-order valence-corrected chi connectivity index (χ2v) is 3.93. The fourth-order valence-corrected chi connectivity index (χ4v) is 1.22. The summed E-state index contributed by atoms with van der Waals surface area (Å²) in [5.41, 5.74) is -0.985. The molecule has 0 fully saturated rings. The highest BCUT2D eigenvalue weighted by Gasteiger charge is 2.19. The van der Waals surface area contributed by atoms with E-state index >= 15 is 0 Å². The van der Waals surface area contributed by atoms with Crippen LogP contribution in [-0.4, -0.2) is 35.0 Å². The highest BCUT2D eigenvalue weighted by molar-refractivity contribution is 4.76. The van der Waals surface area contributed by atoms with Gasteiger partial charge in [0.15, 0.2) is 0 Å². The van der Waals surface area contributed by atoms with E-state index in [1.165, 1.54) is 0 Å². The fraction of sp³-hybridized carbons (Fsp3) is 1.00. The van der Waals surface area contributed by atoms with Gasteiger partial charge in [0.1, 0.15) is 0 Å². The van der Waals surface area contributed by atoms with Gasteiger partial charge < -0.3 is 15.5 Å². The molecule has 0 saturated carbocycles. The molecule has 2 unspecified atom stereocenters. The first-order chi connectivity index (χ1) is 6.05. The van der Waals surface area contributed by atoms with Crippen LogP contribution in [0.2, 0.25) is 0 Å². The summed E-state index contributed by atoms with van der Waals surface area (Å²) >= 11 is 0. The van der Waals surface area contributed by atoms with Crippen LogP contribution in [0.5, 0.6) is 0 Å². The molecule has 80 valence electrons. The lowest BCUT2D eigenvalue weighted by Gasteiger charge is -2.24. The fourth-order valence-electron chi connectivity index (χ4n) is 1.22. The summed E-state index contributed by atoms with van der Waals surface area (Å²) in [6, 6.07) is 0.461. The molecule has 0 radical (unpaired) electrons. The third kappa shape index (κ3) is 6.02. The predicted octanol–water partition coefficient (Wildman–Crippen LogP) is 0.898. The normalized spacial score (nSPS) is 18.2. The van der Waals surface area contributed by atoms with Gasteiger partial charge in [0, 0.05) is 12.6 Å². The average Bonchev–Trinajstić information content (AvgIpc) is 2.12. The Morgan fingerprint density at radius 2 is 2.00 bits per heavy atom. The molecule has 0 aliphatic carbocycles. The van der Waals surface area contributed by atoms with E-state index in [0.29, 0.717) is 12.6 Å². The lowest BCUT2D eigenvalue weighted by Crippen LogP contribution is -2.44. The van der Waals surface area contributed by atoms with E-state index in [2.05, 4.69) is 19.2 Å². The third-order valence-electron chi connectivity index (χ3n) is 2.24. The van der Waals surface area contributed by atoms with E-state index in [9.17, 15) is 5.11 Å². The Morgan fingerprint density at radius 3 is 2.38 bits per heavy atom. The van der Waals surface area contributed by atoms with Gasteiger partial charge >= 0.3 is 0 Å². The van der Waals surface area contributed by atoms with Crippen LogP contribution >= 0.6 is 0 Å². The highest BCUT2D eigenvalue weighted by atomic mass is 16.3. The molecule has 0 aliphatic rings. The molecule has 3 N–H and O–H groups in total. The monoisotopic (exact) mass is 189 g/mol. The van der Waals surface area contributed by atoms with E-state index in [-0.39, 0.29) is 6.61 Å². The highest BCUT2D eigenvalue weighted by Crippen LogP contribution is 2.04. The van der Waals surface area contributed by atoms with Gasteiger partial charge in [-0.3, -0.25) is 0 Å². The first-order valence-corrected chi connectivity index (χ1v) is 5.12. The van der Waals surface area contributed by atoms with Crippen molar-refractivity contribution in [3.63, 3.8) is 0 Å². The van der Waals surface area contributed by atoms with Gasteiger partial charge in [-0.15, -0.1) is 0 Å². The van der Waals surface area contributed by atoms with Crippen molar-refractivity contribution in [1.82, 2.24) is 5.32 Å². The van der Waals surface area contributed by atoms with E-state index in [4.69, 9.17) is 5.11 Å². The number of hydrogen-bond donors (Lipinski definition) is 3. The first kappa shape index (κ1) is 12.9. The Balaban J connectivity index is 3.70. The Kier molecular flexibility index (Phi) is 6.29. The maximum absolute atomic E-state index is 9.52. The average molecular weight is 189 g/mol. The van der Waals surface area contributed by atoms with Gasteiger partial charge in [0.2, 0.25) is 0 Å². The van der Waals surface area contributed by atoms with E-state index in [1.807, 2.05) is 0 Å². The van der Waals surface area contributed by atoms with Gasteiger partial charge in [-0.2, -0.15) is 0 Å². The number of hydrogen-bond acceptors (Lipinski definition) is 3. The number of aliphatic hydroxyl groups excluding tert-OH is 1. The molecule has 0 rings (SSSR count). The van der Waals surface area contributed by atoms with Crippen LogP contribution in [0.25, 0.3) is 0 Å². The van der Waals surface area contributed by atoms with Crippen molar-refractivity contribution in [2.75, 3.05) is 13.2 Å². The molecule has 0 amide bonds. The Labute approximate surface area is 81.2 Å². The third-order valence-corrected chi connectivity index (χ3v) is 2.24. The molecule has 0 spiro atoms. The van der Waals surface area contributed by atoms with Crippen molar-refractivity contribution in [2.24, 2.45) is 0 Å². The standard InChI is InChI=1S/C10H23NO2/c1-4-6-9(5-2)11-7-10(3,13)8-12/h9,11-13H,4-8H2,1-3H3. The minimum absolute atomic E-state index is 0.192. The second-order valence-electron chi connectivity index (χ2n) is 3.93. The molecule has 0 bridgehead atoms. The number of nitrogens with one attached hydrogen (secondary N) is 1. The molecule has 0 aromatic rings. The summed E-state index contributed by atoms with van der Waals surface area (Å²) in [6.45, 7) is 6.18. The van der Waals surface area contributed by atoms with Crippen molar-refractivity contribution in [3.8, 4) is 0 Å². The largest absolute Gasteiger partial charge is 0.393 e. The first-order valence-electron chi connectivity index (χ1n) is 5.12. The minimum Gasteiger partial charge on any atom is -0.393 e. The molecule has 0 aliphatic heterocycles. The molecule has 0 heterocycles. The zero-order chi connectivity index (χ0) is 10.3. The van der Waals surface area contributed by atoms with Crippen molar-refractivity contribution in [2.45, 2.75) is 51.7 Å². The summed E-state index contributed by atoms with van der Waals surface area (Å²) in [5.74, 6) is 0. The Hall–Kier alpha value is -0.120. The maximum Gasteiger partial charge on any atom is 0.0972 e. The minimum atomic E-state index is -0.985. The topological polar surface area (TPSA) is 52.5 Å². The van der Waals surface area contributed by atoms with Crippen LogP contribution < -0.4 is 5.32 Å². The SMILES string of the molecule is CCCC(CC)NCC(C)(O)CO. The molecule has 3 nitrogen and oxygen atoms in total. The quantitative estimate of drug-likeness (QED) is 0.557. The molecular formula is C10H23NO2. The van der Waals surface area contributed by atoms with Gasteiger partial charge in [-0.05, 0) is 19.8 Å². The van der Waals surface area contributed by atoms with Crippen LogP contribution in [0, 0.1) is 0 Å². The molecule has 0 saturated heterocycles. The molecule has 13 heavy (non-hydrogen) atoms. The van der Waals surface area contributed by atoms with Gasteiger partial charge in [-0.25, -0.2) is 0 Å². The van der Waals surface area contributed by atoms with Gasteiger partial charge in [-0.1, -0.05) is 20.3 Å². The van der Waals surface area contributed by atoms with E-state index in [1.54, 1.807) is 6.92 Å². The van der Waals surface area contributed by atoms with E-state index in [0.717, 1.165) is 19.3 Å². The van der Waals surface area contributed by atoms with Gasteiger partial charge in [0.05, 0.1) is 12.2 Å². The summed E-state index contributed by atoms with van der Waals surface area (Å²) < 4.78 is 0. The summed E-state index contributed by atoms with van der Waals surface area (Å²) in [4.78, 5) is 0. The van der Waals surface area contributed by atoms with Crippen molar-refractivity contribution in [1.29, 1.82) is 0 Å². The second kappa shape index (κ2) is 6.35. The van der Waals surface area contributed by atoms with Crippen LogP contribution in [0.1, 0.15) is 40.0 Å². The lowest BCUT2D eigenvalue weighted by atomic mass is 10.1.